The van der Waals surface area contributed by atoms with E-state index in [-0.39, 0.29) is 6.04 Å². The highest BCUT2D eigenvalue weighted by Crippen LogP contribution is 2.29. The number of hydrogen-bond acceptors (Lipinski definition) is 3. The molecular weight excluding hydrogens is 297 g/mol. The van der Waals surface area contributed by atoms with Gasteiger partial charge in [0.1, 0.15) is 5.69 Å². The molecule has 0 saturated heterocycles. The van der Waals surface area contributed by atoms with Crippen LogP contribution in [0.25, 0.3) is 0 Å². The van der Waals surface area contributed by atoms with Gasteiger partial charge in [0.05, 0.1) is 16.2 Å². The van der Waals surface area contributed by atoms with E-state index in [4.69, 9.17) is 11.6 Å². The summed E-state index contributed by atoms with van der Waals surface area (Å²) >= 11 is 7.24. The Morgan fingerprint density at radius 3 is 2.58 bits per heavy atom. The molecule has 0 aliphatic carbocycles. The SMILES string of the molecule is CC(Nc1ccc(C(F)(F)F)nc1)c1csc(Cl)c1. The molecule has 1 unspecified atom stereocenters. The minimum Gasteiger partial charge on any atom is -0.377 e. The highest BCUT2D eigenvalue weighted by atomic mass is 35.5. The first-order valence-corrected chi connectivity index (χ1v) is 6.66. The van der Waals surface area contributed by atoms with Gasteiger partial charge in [-0.15, -0.1) is 11.3 Å². The number of nitrogens with one attached hydrogen (secondary N) is 1. The lowest BCUT2D eigenvalue weighted by atomic mass is 10.2. The zero-order valence-electron chi connectivity index (χ0n) is 9.83. The average Bonchev–Trinajstić information content (AvgIpc) is 2.75. The molecule has 0 spiro atoms. The summed E-state index contributed by atoms with van der Waals surface area (Å²) in [7, 11) is 0. The first-order valence-electron chi connectivity index (χ1n) is 5.40. The Morgan fingerprint density at radius 2 is 2.11 bits per heavy atom. The molecule has 2 aromatic rings. The second-order valence-electron chi connectivity index (χ2n) is 3.98. The van der Waals surface area contributed by atoms with Gasteiger partial charge in [0.2, 0.25) is 0 Å². The van der Waals surface area contributed by atoms with E-state index in [1.54, 1.807) is 0 Å². The van der Waals surface area contributed by atoms with Gasteiger partial charge >= 0.3 is 6.18 Å². The average molecular weight is 307 g/mol. The third-order valence-electron chi connectivity index (χ3n) is 2.52. The van der Waals surface area contributed by atoms with Crippen LogP contribution in [-0.2, 0) is 6.18 Å². The largest absolute Gasteiger partial charge is 0.433 e. The second-order valence-corrected chi connectivity index (χ2v) is 5.52. The van der Waals surface area contributed by atoms with Crippen molar-refractivity contribution in [1.29, 1.82) is 0 Å². The van der Waals surface area contributed by atoms with Crippen LogP contribution >= 0.6 is 22.9 Å². The predicted octanol–water partition coefficient (Wildman–Crippen LogP) is 4.99. The number of pyridine rings is 1. The highest BCUT2D eigenvalue weighted by Gasteiger charge is 2.32. The van der Waals surface area contributed by atoms with Crippen molar-refractivity contribution >= 4 is 28.6 Å². The molecule has 2 aromatic heterocycles. The third kappa shape index (κ3) is 3.61. The summed E-state index contributed by atoms with van der Waals surface area (Å²) in [4.78, 5) is 3.39. The van der Waals surface area contributed by atoms with Crippen molar-refractivity contribution in [1.82, 2.24) is 4.98 Å². The van der Waals surface area contributed by atoms with E-state index in [1.807, 2.05) is 18.4 Å². The van der Waals surface area contributed by atoms with Gasteiger partial charge in [0, 0.05) is 6.04 Å². The fourth-order valence-corrected chi connectivity index (χ4v) is 2.52. The first kappa shape index (κ1) is 14.1. The van der Waals surface area contributed by atoms with Gasteiger partial charge in [-0.1, -0.05) is 11.6 Å². The molecule has 2 heterocycles. The van der Waals surface area contributed by atoms with Crippen LogP contribution in [-0.4, -0.2) is 4.98 Å². The number of nitrogens with zero attached hydrogens (tertiary/aromatic N) is 1. The van der Waals surface area contributed by atoms with E-state index in [9.17, 15) is 13.2 Å². The van der Waals surface area contributed by atoms with E-state index in [2.05, 4.69) is 10.3 Å². The number of aromatic nitrogens is 1. The van der Waals surface area contributed by atoms with Crippen LogP contribution in [0.5, 0.6) is 0 Å². The fourth-order valence-electron chi connectivity index (χ4n) is 1.53. The zero-order valence-corrected chi connectivity index (χ0v) is 11.4. The molecule has 0 saturated carbocycles. The maximum absolute atomic E-state index is 12.4. The summed E-state index contributed by atoms with van der Waals surface area (Å²) in [5, 5.41) is 4.97. The van der Waals surface area contributed by atoms with Crippen molar-refractivity contribution in [2.45, 2.75) is 19.1 Å². The van der Waals surface area contributed by atoms with Gasteiger partial charge in [-0.3, -0.25) is 0 Å². The topological polar surface area (TPSA) is 24.9 Å². The highest BCUT2D eigenvalue weighted by molar-refractivity contribution is 7.14. The van der Waals surface area contributed by atoms with E-state index < -0.39 is 11.9 Å². The first-order chi connectivity index (χ1) is 8.86. The molecule has 1 N–H and O–H groups in total. The third-order valence-corrected chi connectivity index (χ3v) is 3.63. The van der Waals surface area contributed by atoms with Crippen LogP contribution in [0.15, 0.2) is 29.8 Å². The summed E-state index contributed by atoms with van der Waals surface area (Å²) in [6.45, 7) is 1.90. The van der Waals surface area contributed by atoms with Crippen molar-refractivity contribution in [2.24, 2.45) is 0 Å². The molecule has 0 radical (unpaired) electrons. The molecule has 0 aromatic carbocycles. The Morgan fingerprint density at radius 1 is 1.37 bits per heavy atom. The number of thiophene rings is 1. The smallest absolute Gasteiger partial charge is 0.377 e. The Balaban J connectivity index is 2.07. The fraction of sp³-hybridized carbons (Fsp3) is 0.250. The predicted molar refractivity (Wildman–Crippen MR) is 70.6 cm³/mol. The molecule has 0 aliphatic rings. The lowest BCUT2D eigenvalue weighted by molar-refractivity contribution is -0.141. The van der Waals surface area contributed by atoms with Crippen molar-refractivity contribution in [3.63, 3.8) is 0 Å². The van der Waals surface area contributed by atoms with Crippen LogP contribution in [0.3, 0.4) is 0 Å². The van der Waals surface area contributed by atoms with Gasteiger partial charge in [-0.2, -0.15) is 13.2 Å². The maximum atomic E-state index is 12.4. The molecule has 0 fully saturated rings. The van der Waals surface area contributed by atoms with Crippen LogP contribution in [0.1, 0.15) is 24.2 Å². The minimum atomic E-state index is -4.41. The van der Waals surface area contributed by atoms with Crippen molar-refractivity contribution in [3.8, 4) is 0 Å². The number of alkyl halides is 3. The van der Waals surface area contributed by atoms with Crippen LogP contribution in [0, 0.1) is 0 Å². The molecule has 2 nitrogen and oxygen atoms in total. The summed E-state index contributed by atoms with van der Waals surface area (Å²) in [5.41, 5.74) is 0.613. The van der Waals surface area contributed by atoms with Gasteiger partial charge in [0.25, 0.3) is 0 Å². The standard InChI is InChI=1S/C12H10ClF3N2S/c1-7(8-4-11(13)19-6-8)18-9-2-3-10(17-5-9)12(14,15)16/h2-7,18H,1H3. The lowest BCUT2D eigenvalue weighted by Crippen LogP contribution is -2.09. The Bertz CT molecular complexity index is 551. The molecule has 0 amide bonds. The number of halogens is 4. The number of rotatable bonds is 3. The van der Waals surface area contributed by atoms with Gasteiger partial charge < -0.3 is 5.32 Å². The van der Waals surface area contributed by atoms with E-state index in [1.165, 1.54) is 23.6 Å². The van der Waals surface area contributed by atoms with E-state index >= 15 is 0 Å². The van der Waals surface area contributed by atoms with Crippen molar-refractivity contribution < 1.29 is 13.2 Å². The molecule has 7 heteroatoms. The quantitative estimate of drug-likeness (QED) is 0.864. The van der Waals surface area contributed by atoms with E-state index in [0.29, 0.717) is 10.0 Å². The van der Waals surface area contributed by atoms with Crippen molar-refractivity contribution in [2.75, 3.05) is 5.32 Å². The summed E-state index contributed by atoms with van der Waals surface area (Å²) in [6, 6.07) is 4.08. The van der Waals surface area contributed by atoms with Gasteiger partial charge in [0.15, 0.2) is 0 Å². The maximum Gasteiger partial charge on any atom is 0.433 e. The molecule has 2 rings (SSSR count). The van der Waals surface area contributed by atoms with Gasteiger partial charge in [-0.05, 0) is 36.1 Å². The number of anilines is 1. The summed E-state index contributed by atoms with van der Waals surface area (Å²) in [6.07, 6.45) is -3.24. The monoisotopic (exact) mass is 306 g/mol. The second kappa shape index (κ2) is 5.38. The summed E-state index contributed by atoms with van der Waals surface area (Å²) in [5.74, 6) is 0. The van der Waals surface area contributed by atoms with Gasteiger partial charge in [-0.25, -0.2) is 4.98 Å². The molecule has 19 heavy (non-hydrogen) atoms. The number of hydrogen-bond donors (Lipinski definition) is 1. The lowest BCUT2D eigenvalue weighted by Gasteiger charge is -2.14. The Labute approximate surface area is 117 Å². The molecule has 102 valence electrons. The summed E-state index contributed by atoms with van der Waals surface area (Å²) < 4.78 is 37.7. The normalized spacial score (nSPS) is 13.3. The molecule has 0 aliphatic heterocycles. The Kier molecular flexibility index (Phi) is 4.01. The zero-order chi connectivity index (χ0) is 14.0. The van der Waals surface area contributed by atoms with Crippen LogP contribution in [0.4, 0.5) is 18.9 Å². The van der Waals surface area contributed by atoms with Crippen molar-refractivity contribution in [3.05, 3.63) is 45.4 Å². The minimum absolute atomic E-state index is 0.0534. The molecule has 1 atom stereocenters. The van der Waals surface area contributed by atoms with Crippen LogP contribution < -0.4 is 5.32 Å². The van der Waals surface area contributed by atoms with E-state index in [0.717, 1.165) is 11.6 Å². The molecular formula is C12H10ClF3N2S. The molecule has 0 bridgehead atoms. The van der Waals surface area contributed by atoms with Crippen LogP contribution in [0.2, 0.25) is 4.34 Å². The Hall–Kier alpha value is -1.27.